The Morgan fingerprint density at radius 3 is 2.86 bits per heavy atom. The average molecular weight is 580 g/mol. The summed E-state index contributed by atoms with van der Waals surface area (Å²) in [7, 11) is 2.18. The first-order valence-electron chi connectivity index (χ1n) is 15.4. The topological polar surface area (TPSA) is 103 Å². The number of halogens is 1. The van der Waals surface area contributed by atoms with Crippen LogP contribution in [0, 0.1) is 0 Å². The van der Waals surface area contributed by atoms with Gasteiger partial charge in [-0.2, -0.15) is 9.97 Å². The van der Waals surface area contributed by atoms with Crippen LogP contribution in [0.5, 0.6) is 6.01 Å². The summed E-state index contributed by atoms with van der Waals surface area (Å²) in [6.45, 7) is 3.46. The Hall–Kier alpha value is -3.31. The molecule has 0 unspecified atom stereocenters. The van der Waals surface area contributed by atoms with Crippen LogP contribution in [0.15, 0.2) is 24.3 Å². The molecule has 1 aliphatic carbocycles. The van der Waals surface area contributed by atoms with Gasteiger partial charge in [0.25, 0.3) is 5.91 Å². The van der Waals surface area contributed by atoms with Crippen molar-refractivity contribution in [2.75, 3.05) is 44.7 Å². The average Bonchev–Trinajstić information content (AvgIpc) is 3.69. The minimum absolute atomic E-state index is 0. The summed E-state index contributed by atoms with van der Waals surface area (Å²) in [5.74, 6) is 0.490. The van der Waals surface area contributed by atoms with E-state index in [0.717, 1.165) is 62.1 Å². The van der Waals surface area contributed by atoms with Crippen molar-refractivity contribution < 1.29 is 21.6 Å². The third-order valence-electron chi connectivity index (χ3n) is 11.0. The van der Waals surface area contributed by atoms with Crippen molar-refractivity contribution in [3.05, 3.63) is 46.6 Å². The molecule has 1 aromatic heterocycles. The van der Waals surface area contributed by atoms with Gasteiger partial charge in [0.1, 0.15) is 24.1 Å². The minimum atomic E-state index is -0.969. The summed E-state index contributed by atoms with van der Waals surface area (Å²) in [4.78, 5) is 41.9. The molecule has 2 aromatic rings. The quantitative estimate of drug-likeness (QED) is 0.534. The number of hydrogen-bond donors (Lipinski definition) is 2. The van der Waals surface area contributed by atoms with Crippen molar-refractivity contribution in [3.63, 3.8) is 0 Å². The van der Waals surface area contributed by atoms with Crippen molar-refractivity contribution in [2.45, 2.75) is 80.7 Å². The van der Waals surface area contributed by atoms with Crippen LogP contribution in [-0.4, -0.2) is 88.8 Å². The van der Waals surface area contributed by atoms with Gasteiger partial charge in [-0.05, 0) is 63.2 Å². The van der Waals surface area contributed by atoms with Gasteiger partial charge in [-0.3, -0.25) is 19.9 Å². The molecule has 0 saturated carbocycles. The molecule has 42 heavy (non-hydrogen) atoms. The lowest BCUT2D eigenvalue weighted by Crippen LogP contribution is -2.59. The van der Waals surface area contributed by atoms with E-state index in [4.69, 9.17) is 14.7 Å². The molecular formula is C31H42FN7O3. The molecule has 4 saturated heterocycles. The summed E-state index contributed by atoms with van der Waals surface area (Å²) >= 11 is 0. The molecule has 5 aliphatic heterocycles. The number of ether oxygens (including phenoxy) is 1. The highest BCUT2D eigenvalue weighted by molar-refractivity contribution is 6.07. The zero-order valence-electron chi connectivity index (χ0n) is 24.1. The van der Waals surface area contributed by atoms with Crippen molar-refractivity contribution >= 4 is 17.8 Å². The fourth-order valence-corrected chi connectivity index (χ4v) is 8.88. The first-order valence-corrected chi connectivity index (χ1v) is 15.4. The highest BCUT2D eigenvalue weighted by Gasteiger charge is 2.52. The van der Waals surface area contributed by atoms with Crippen molar-refractivity contribution in [1.29, 1.82) is 0 Å². The number of urea groups is 1. The molecule has 10 nitrogen and oxygen atoms in total. The van der Waals surface area contributed by atoms with E-state index in [1.165, 1.54) is 11.1 Å². The van der Waals surface area contributed by atoms with Gasteiger partial charge in [0.15, 0.2) is 0 Å². The van der Waals surface area contributed by atoms with E-state index < -0.39 is 17.7 Å². The summed E-state index contributed by atoms with van der Waals surface area (Å²) < 4.78 is 20.9. The Kier molecular flexibility index (Phi) is 5.86. The van der Waals surface area contributed by atoms with Gasteiger partial charge in [0.2, 0.25) is 0 Å². The number of benzene rings is 1. The summed E-state index contributed by atoms with van der Waals surface area (Å²) in [5, 5.41) is 5.33. The van der Waals surface area contributed by atoms with Gasteiger partial charge >= 0.3 is 12.0 Å². The van der Waals surface area contributed by atoms with Crippen LogP contribution in [0.1, 0.15) is 63.8 Å². The van der Waals surface area contributed by atoms with Crippen LogP contribution < -0.4 is 20.3 Å². The normalized spacial score (nSPS) is 34.0. The van der Waals surface area contributed by atoms with Crippen LogP contribution in [0.2, 0.25) is 0 Å². The second-order valence-electron chi connectivity index (χ2n) is 13.4. The zero-order chi connectivity index (χ0) is 28.7. The number of fused-ring (bicyclic) bond motifs is 4. The lowest BCUT2D eigenvalue weighted by Gasteiger charge is -2.46. The van der Waals surface area contributed by atoms with Gasteiger partial charge in [0.05, 0.1) is 23.3 Å². The van der Waals surface area contributed by atoms with Crippen molar-refractivity contribution in [3.8, 4) is 6.01 Å². The SMILES string of the molecule is CN1Cc2c(nc(OC[C@@]34CCCN3C[C@H](F)C4)nc2N2CCC[C@]3(C2)NC(=O)NC3=O)C[C@]12CCc1ccccc12.[HH].[HH]. The van der Waals surface area contributed by atoms with Gasteiger partial charge < -0.3 is 15.0 Å². The van der Waals surface area contributed by atoms with Crippen molar-refractivity contribution in [1.82, 2.24) is 30.4 Å². The lowest BCUT2D eigenvalue weighted by atomic mass is 9.80. The monoisotopic (exact) mass is 579 g/mol. The number of nitrogens with one attached hydrogen (secondary N) is 2. The molecule has 2 N–H and O–H groups in total. The number of likely N-dealkylation sites (N-methyl/N-ethyl adjacent to an activating group) is 1. The van der Waals surface area contributed by atoms with Gasteiger partial charge in [-0.15, -0.1) is 0 Å². The van der Waals surface area contributed by atoms with Crippen LogP contribution in [0.4, 0.5) is 15.0 Å². The number of imide groups is 1. The van der Waals surface area contributed by atoms with Crippen LogP contribution in [-0.2, 0) is 29.7 Å². The number of anilines is 1. The second-order valence-corrected chi connectivity index (χ2v) is 13.4. The van der Waals surface area contributed by atoms with Gasteiger partial charge in [-0.1, -0.05) is 24.3 Å². The van der Waals surface area contributed by atoms with E-state index in [9.17, 15) is 14.0 Å². The number of amides is 3. The number of rotatable bonds is 4. The van der Waals surface area contributed by atoms with Crippen molar-refractivity contribution in [2.24, 2.45) is 0 Å². The van der Waals surface area contributed by atoms with E-state index in [0.29, 0.717) is 51.6 Å². The predicted molar refractivity (Wildman–Crippen MR) is 157 cm³/mol. The molecule has 0 radical (unpaired) electrons. The highest BCUT2D eigenvalue weighted by atomic mass is 19.1. The fourth-order valence-electron chi connectivity index (χ4n) is 8.88. The standard InChI is InChI=1S/C31H38FN7O3.2H2/c1-37-17-22-24(15-31(37)11-8-20-6-2-3-7-23(20)31)33-28(42-19-29-9-4-13-39(29)16-21(32)14-29)34-25(22)38-12-5-10-30(18-38)26(40)35-27(41)36-30;;/h2-3,6-7,21H,4-5,8-19H2,1H3,(H2,35,36,40,41);2*1H/t21-,29+,30-,31+;;/m1../s1. The van der Waals surface area contributed by atoms with E-state index >= 15 is 0 Å². The maximum absolute atomic E-state index is 14.5. The Morgan fingerprint density at radius 2 is 2.00 bits per heavy atom. The highest BCUT2D eigenvalue weighted by Crippen LogP contribution is 2.48. The van der Waals surface area contributed by atoms with Gasteiger partial charge in [-0.25, -0.2) is 9.18 Å². The minimum Gasteiger partial charge on any atom is -0.461 e. The molecule has 6 heterocycles. The molecule has 0 bridgehead atoms. The van der Waals surface area contributed by atoms with Crippen LogP contribution in [0.3, 0.4) is 0 Å². The van der Waals surface area contributed by atoms with Crippen LogP contribution >= 0.6 is 0 Å². The zero-order valence-corrected chi connectivity index (χ0v) is 24.1. The van der Waals surface area contributed by atoms with E-state index in [2.05, 4.69) is 56.6 Å². The molecular weight excluding hydrogens is 537 g/mol. The smallest absolute Gasteiger partial charge is 0.322 e. The molecule has 3 amide bonds. The number of piperidine rings is 1. The third kappa shape index (κ3) is 3.88. The second kappa shape index (κ2) is 9.34. The molecule has 11 heteroatoms. The molecule has 4 atom stereocenters. The summed E-state index contributed by atoms with van der Waals surface area (Å²) in [5.41, 5.74) is 3.36. The van der Waals surface area contributed by atoms with E-state index in [1.54, 1.807) is 0 Å². The maximum atomic E-state index is 14.5. The Labute approximate surface area is 248 Å². The first kappa shape index (κ1) is 26.3. The predicted octanol–water partition coefficient (Wildman–Crippen LogP) is 2.93. The summed E-state index contributed by atoms with van der Waals surface area (Å²) in [6, 6.07) is 8.59. The largest absolute Gasteiger partial charge is 0.461 e. The first-order chi connectivity index (χ1) is 20.3. The Morgan fingerprint density at radius 1 is 1.14 bits per heavy atom. The third-order valence-corrected chi connectivity index (χ3v) is 11.0. The summed E-state index contributed by atoms with van der Waals surface area (Å²) in [6.07, 6.45) is 5.73. The maximum Gasteiger partial charge on any atom is 0.322 e. The Balaban J connectivity index is 0.00000171. The number of alkyl halides is 1. The molecule has 6 aliphatic rings. The Bertz CT molecular complexity index is 1480. The molecule has 4 fully saturated rings. The molecule has 226 valence electrons. The lowest BCUT2D eigenvalue weighted by molar-refractivity contribution is -0.124. The van der Waals surface area contributed by atoms with Gasteiger partial charge in [0, 0.05) is 40.9 Å². The number of carbonyl (C=O) groups is 2. The number of aryl methyl sites for hydroxylation is 1. The molecule has 2 spiro atoms. The fraction of sp³-hybridized carbons (Fsp3) is 0.613. The molecule has 8 rings (SSSR count). The number of aromatic nitrogens is 2. The van der Waals surface area contributed by atoms with E-state index in [-0.39, 0.29) is 19.8 Å². The number of carbonyl (C=O) groups excluding carboxylic acids is 2. The van der Waals surface area contributed by atoms with Crippen LogP contribution in [0.25, 0.3) is 0 Å². The molecule has 1 aromatic carbocycles. The number of nitrogens with zero attached hydrogens (tertiary/aromatic N) is 5. The van der Waals surface area contributed by atoms with E-state index in [1.807, 2.05) is 0 Å². The number of hydrogen-bond acceptors (Lipinski definition) is 8.